The Morgan fingerprint density at radius 2 is 1.53 bits per heavy atom. The molecule has 4 aromatic rings. The number of halogens is 2. The van der Waals surface area contributed by atoms with Crippen LogP contribution in [0.4, 0.5) is 20.2 Å². The molecule has 1 saturated carbocycles. The average Bonchev–Trinajstić information content (AvgIpc) is 3.66. The molecule has 9 nitrogen and oxygen atoms in total. The Labute approximate surface area is 273 Å². The lowest BCUT2D eigenvalue weighted by atomic mass is 9.93. The average molecular weight is 647 g/mol. The summed E-state index contributed by atoms with van der Waals surface area (Å²) in [4.78, 5) is 33.5. The van der Waals surface area contributed by atoms with Crippen molar-refractivity contribution in [3.8, 4) is 23.0 Å². The first kappa shape index (κ1) is 33.6. The molecule has 1 aliphatic rings. The van der Waals surface area contributed by atoms with Gasteiger partial charge in [0, 0.05) is 41.6 Å². The first-order valence-electron chi connectivity index (χ1n) is 15.7. The summed E-state index contributed by atoms with van der Waals surface area (Å²) in [6.45, 7) is 11.3. The fourth-order valence-electron chi connectivity index (χ4n) is 5.79. The number of aromatic nitrogens is 1. The molecule has 1 fully saturated rings. The van der Waals surface area contributed by atoms with Gasteiger partial charge in [0.05, 0.1) is 19.2 Å². The van der Waals surface area contributed by atoms with Gasteiger partial charge in [-0.15, -0.1) is 0 Å². The van der Waals surface area contributed by atoms with Crippen LogP contribution in [0.5, 0.6) is 23.0 Å². The van der Waals surface area contributed by atoms with Gasteiger partial charge in [0.25, 0.3) is 0 Å². The summed E-state index contributed by atoms with van der Waals surface area (Å²) in [5.41, 5.74) is -0.892. The number of nitrogens with one attached hydrogen (secondary N) is 2. The predicted octanol–water partition coefficient (Wildman–Crippen LogP) is 7.42. The third kappa shape index (κ3) is 7.15. The van der Waals surface area contributed by atoms with Crippen LogP contribution in [0.2, 0.25) is 0 Å². The normalized spacial score (nSPS) is 16.5. The number of ether oxygens (including phenoxy) is 3. The van der Waals surface area contributed by atoms with Crippen LogP contribution < -0.4 is 24.8 Å². The molecule has 3 aromatic carbocycles. The SMILES string of the molecule is CCN(CC)CCCOc1cc2nccc(Oc3ccc(NC(=O)C4(C(=O)Nc5ccc(F)cc5)CC4(C)C)cc3F)c2cc1OC. The highest BCUT2D eigenvalue weighted by Gasteiger charge is 2.71. The van der Waals surface area contributed by atoms with Gasteiger partial charge in [-0.1, -0.05) is 27.7 Å². The van der Waals surface area contributed by atoms with E-state index >= 15 is 4.39 Å². The molecule has 1 unspecified atom stereocenters. The molecule has 2 amide bonds. The van der Waals surface area contributed by atoms with E-state index in [9.17, 15) is 14.0 Å². The lowest BCUT2D eigenvalue weighted by Gasteiger charge is -2.20. The Hall–Kier alpha value is -4.77. The molecular weight excluding hydrogens is 606 g/mol. The van der Waals surface area contributed by atoms with Gasteiger partial charge in [-0.25, -0.2) is 8.78 Å². The number of methoxy groups -OCH3 is 1. The van der Waals surface area contributed by atoms with Gasteiger partial charge in [-0.3, -0.25) is 14.6 Å². The number of nitrogens with zero attached hydrogens (tertiary/aromatic N) is 2. The largest absolute Gasteiger partial charge is 0.493 e. The third-order valence-electron chi connectivity index (χ3n) is 8.78. The predicted molar refractivity (Wildman–Crippen MR) is 177 cm³/mol. The molecule has 1 aliphatic carbocycles. The smallest absolute Gasteiger partial charge is 0.240 e. The molecule has 0 aliphatic heterocycles. The molecule has 5 rings (SSSR count). The van der Waals surface area contributed by atoms with Crippen LogP contribution in [0.3, 0.4) is 0 Å². The second kappa shape index (κ2) is 13.9. The summed E-state index contributed by atoms with van der Waals surface area (Å²) in [5, 5.41) is 6.00. The molecule has 0 bridgehead atoms. The van der Waals surface area contributed by atoms with Crippen LogP contribution in [-0.4, -0.2) is 55.0 Å². The number of amides is 2. The van der Waals surface area contributed by atoms with E-state index in [0.29, 0.717) is 46.9 Å². The second-order valence-electron chi connectivity index (χ2n) is 12.2. The number of carbonyl (C=O) groups excluding carboxylic acids is 2. The Kier molecular flexibility index (Phi) is 9.95. The van der Waals surface area contributed by atoms with Crippen molar-refractivity contribution in [2.45, 2.75) is 40.5 Å². The summed E-state index contributed by atoms with van der Waals surface area (Å²) >= 11 is 0. The molecule has 11 heteroatoms. The van der Waals surface area contributed by atoms with Crippen LogP contribution in [0.1, 0.15) is 40.5 Å². The van der Waals surface area contributed by atoms with Crippen molar-refractivity contribution in [1.29, 1.82) is 0 Å². The van der Waals surface area contributed by atoms with Crippen molar-refractivity contribution < 1.29 is 32.6 Å². The van der Waals surface area contributed by atoms with E-state index in [1.54, 1.807) is 31.5 Å². The van der Waals surface area contributed by atoms with Gasteiger partial charge >= 0.3 is 0 Å². The zero-order valence-corrected chi connectivity index (χ0v) is 27.3. The molecule has 0 saturated heterocycles. The van der Waals surface area contributed by atoms with Gasteiger partial charge in [0.2, 0.25) is 11.8 Å². The number of hydrogen-bond donors (Lipinski definition) is 2. The highest BCUT2D eigenvalue weighted by Crippen LogP contribution is 2.64. The zero-order chi connectivity index (χ0) is 33.8. The molecule has 248 valence electrons. The standard InChI is InChI=1S/C36H40F2N4O5/c1-6-42(7-2)17-8-18-46-32-21-28-26(20-31(32)45-5)29(15-16-39-28)47-30-14-13-25(19-27(30)38)41-34(44)36(22-35(36,3)4)33(43)40-24-11-9-23(37)10-12-24/h9-16,19-21H,6-8,17-18,22H2,1-5H3,(H,40,43)(H,41,44). The van der Waals surface area contributed by atoms with Crippen molar-refractivity contribution in [2.75, 3.05) is 44.0 Å². The molecule has 1 atom stereocenters. The fraction of sp³-hybridized carbons (Fsp3) is 0.361. The maximum atomic E-state index is 15.4. The number of rotatable bonds is 14. The van der Waals surface area contributed by atoms with E-state index < -0.39 is 34.3 Å². The van der Waals surface area contributed by atoms with Gasteiger partial charge in [-0.05, 0) is 79.9 Å². The monoisotopic (exact) mass is 646 g/mol. The van der Waals surface area contributed by atoms with Crippen molar-refractivity contribution in [3.05, 3.63) is 78.5 Å². The van der Waals surface area contributed by atoms with Crippen LogP contribution in [0, 0.1) is 22.5 Å². The van der Waals surface area contributed by atoms with Crippen molar-refractivity contribution in [1.82, 2.24) is 9.88 Å². The van der Waals surface area contributed by atoms with E-state index in [2.05, 4.69) is 34.4 Å². The Morgan fingerprint density at radius 3 is 2.15 bits per heavy atom. The molecule has 0 radical (unpaired) electrons. The fourth-order valence-corrected chi connectivity index (χ4v) is 5.79. The van der Waals surface area contributed by atoms with Crippen LogP contribution in [0.15, 0.2) is 66.9 Å². The Balaban J connectivity index is 1.29. The third-order valence-corrected chi connectivity index (χ3v) is 8.78. The number of benzene rings is 3. The molecular formula is C36H40F2N4O5. The Morgan fingerprint density at radius 1 is 0.872 bits per heavy atom. The molecule has 47 heavy (non-hydrogen) atoms. The number of carbonyl (C=O) groups is 2. The van der Waals surface area contributed by atoms with Crippen LogP contribution in [0.25, 0.3) is 10.9 Å². The van der Waals surface area contributed by atoms with Crippen molar-refractivity contribution in [2.24, 2.45) is 10.8 Å². The minimum absolute atomic E-state index is 0.0679. The van der Waals surface area contributed by atoms with Crippen molar-refractivity contribution >= 4 is 34.1 Å². The van der Waals surface area contributed by atoms with E-state index in [1.165, 1.54) is 36.4 Å². The lowest BCUT2D eigenvalue weighted by molar-refractivity contribution is -0.132. The van der Waals surface area contributed by atoms with Crippen molar-refractivity contribution in [3.63, 3.8) is 0 Å². The van der Waals surface area contributed by atoms with E-state index in [4.69, 9.17) is 14.2 Å². The lowest BCUT2D eigenvalue weighted by Crippen LogP contribution is -2.39. The highest BCUT2D eigenvalue weighted by atomic mass is 19.1. The number of anilines is 2. The molecule has 0 spiro atoms. The summed E-state index contributed by atoms with van der Waals surface area (Å²) in [5.74, 6) is -0.892. The highest BCUT2D eigenvalue weighted by molar-refractivity contribution is 6.18. The van der Waals surface area contributed by atoms with Gasteiger partial charge in [-0.2, -0.15) is 0 Å². The number of pyridine rings is 1. The first-order valence-corrected chi connectivity index (χ1v) is 15.7. The van der Waals surface area contributed by atoms with Gasteiger partial charge in [0.15, 0.2) is 23.1 Å². The van der Waals surface area contributed by atoms with E-state index in [1.807, 2.05) is 13.8 Å². The Bertz CT molecular complexity index is 1760. The zero-order valence-electron chi connectivity index (χ0n) is 27.3. The topological polar surface area (TPSA) is 102 Å². The van der Waals surface area contributed by atoms with E-state index in [0.717, 1.165) is 32.1 Å². The number of hydrogen-bond acceptors (Lipinski definition) is 7. The molecule has 1 heterocycles. The maximum absolute atomic E-state index is 15.4. The summed E-state index contributed by atoms with van der Waals surface area (Å²) in [7, 11) is 1.55. The van der Waals surface area contributed by atoms with E-state index in [-0.39, 0.29) is 11.4 Å². The second-order valence-corrected chi connectivity index (χ2v) is 12.2. The van der Waals surface area contributed by atoms with Gasteiger partial charge in [0.1, 0.15) is 17.0 Å². The maximum Gasteiger partial charge on any atom is 0.240 e. The van der Waals surface area contributed by atoms with Crippen LogP contribution >= 0.6 is 0 Å². The summed E-state index contributed by atoms with van der Waals surface area (Å²) in [6.07, 6.45) is 2.72. The molecule has 2 N–H and O–H groups in total. The van der Waals surface area contributed by atoms with Gasteiger partial charge < -0.3 is 29.7 Å². The minimum Gasteiger partial charge on any atom is -0.493 e. The van der Waals surface area contributed by atoms with Crippen LogP contribution in [-0.2, 0) is 9.59 Å². The summed E-state index contributed by atoms with van der Waals surface area (Å²) in [6, 6.07) is 14.5. The molecule has 1 aromatic heterocycles. The first-order chi connectivity index (χ1) is 22.5. The summed E-state index contributed by atoms with van der Waals surface area (Å²) < 4.78 is 46.3. The number of fused-ring (bicyclic) bond motifs is 1. The minimum atomic E-state index is -1.38. The quantitative estimate of drug-likeness (QED) is 0.109.